The minimum absolute atomic E-state index is 0.000841. The molecule has 1 aromatic heterocycles. The molecular formula is C21H29N5O2S. The van der Waals surface area contributed by atoms with Crippen LogP contribution < -0.4 is 10.6 Å². The SMILES string of the molecule is CN=C(NCCN1C(=O)C2C3C=CC(C3)C2C1=O)NCc1nc(C(C)(C)C)cs1. The van der Waals surface area contributed by atoms with Crippen LogP contribution in [0.4, 0.5) is 0 Å². The van der Waals surface area contributed by atoms with Crippen molar-refractivity contribution in [2.75, 3.05) is 20.1 Å². The van der Waals surface area contributed by atoms with Gasteiger partial charge in [-0.25, -0.2) is 4.98 Å². The first kappa shape index (κ1) is 20.1. The summed E-state index contributed by atoms with van der Waals surface area (Å²) >= 11 is 1.63. The van der Waals surface area contributed by atoms with Crippen LogP contribution in [0.25, 0.3) is 0 Å². The number of hydrogen-bond acceptors (Lipinski definition) is 5. The van der Waals surface area contributed by atoms with E-state index in [1.807, 2.05) is 0 Å². The van der Waals surface area contributed by atoms with Gasteiger partial charge in [-0.15, -0.1) is 11.3 Å². The highest BCUT2D eigenvalue weighted by atomic mass is 32.1. The minimum atomic E-state index is -0.128. The maximum atomic E-state index is 12.7. The molecule has 2 N–H and O–H groups in total. The Morgan fingerprint density at radius 1 is 1.21 bits per heavy atom. The van der Waals surface area contributed by atoms with Crippen LogP contribution >= 0.6 is 11.3 Å². The van der Waals surface area contributed by atoms with Crippen LogP contribution in [-0.4, -0.2) is 47.8 Å². The lowest BCUT2D eigenvalue weighted by atomic mass is 9.85. The summed E-state index contributed by atoms with van der Waals surface area (Å²) in [7, 11) is 1.71. The number of nitrogens with one attached hydrogen (secondary N) is 2. The molecule has 8 heteroatoms. The van der Waals surface area contributed by atoms with Crippen LogP contribution in [-0.2, 0) is 21.5 Å². The van der Waals surface area contributed by atoms with Gasteiger partial charge in [-0.2, -0.15) is 0 Å². The van der Waals surface area contributed by atoms with Gasteiger partial charge in [-0.1, -0.05) is 32.9 Å². The average molecular weight is 416 g/mol. The van der Waals surface area contributed by atoms with E-state index in [0.29, 0.717) is 25.6 Å². The summed E-state index contributed by atoms with van der Waals surface area (Å²) in [6.07, 6.45) is 5.20. The number of guanidine groups is 1. The third kappa shape index (κ3) is 3.70. The molecule has 0 spiro atoms. The molecule has 3 aliphatic rings. The Morgan fingerprint density at radius 2 is 1.86 bits per heavy atom. The fourth-order valence-electron chi connectivity index (χ4n) is 4.59. The second-order valence-electron chi connectivity index (χ2n) is 9.06. The largest absolute Gasteiger partial charge is 0.355 e. The zero-order chi connectivity index (χ0) is 20.8. The van der Waals surface area contributed by atoms with Crippen molar-refractivity contribution in [2.24, 2.45) is 28.7 Å². The average Bonchev–Trinajstić information content (AvgIpc) is 3.43. The standard InChI is InChI=1S/C21H29N5O2S/c1-21(2,3)14-11-29-15(25-14)10-24-20(22-4)23-7-8-26-18(27)16-12-5-6-13(9-12)17(16)19(26)28/h5-6,11-13,16-17H,7-10H2,1-4H3,(H2,22,23,24). The van der Waals surface area contributed by atoms with E-state index >= 15 is 0 Å². The van der Waals surface area contributed by atoms with Crippen LogP contribution in [0.2, 0.25) is 0 Å². The summed E-state index contributed by atoms with van der Waals surface area (Å²) in [6.45, 7) is 7.88. The number of imide groups is 1. The van der Waals surface area contributed by atoms with Crippen molar-refractivity contribution < 1.29 is 9.59 Å². The van der Waals surface area contributed by atoms with Gasteiger partial charge < -0.3 is 10.6 Å². The first-order valence-electron chi connectivity index (χ1n) is 10.2. The molecule has 2 aliphatic carbocycles. The number of allylic oxidation sites excluding steroid dienone is 2. The van der Waals surface area contributed by atoms with Crippen molar-refractivity contribution in [3.63, 3.8) is 0 Å². The van der Waals surface area contributed by atoms with E-state index in [4.69, 9.17) is 0 Å². The molecule has 2 bridgehead atoms. The summed E-state index contributed by atoms with van der Waals surface area (Å²) in [6, 6.07) is 0. The molecule has 1 aromatic rings. The lowest BCUT2D eigenvalue weighted by molar-refractivity contribution is -0.140. The summed E-state index contributed by atoms with van der Waals surface area (Å²) in [5.41, 5.74) is 1.12. The number of aliphatic imine (C=N–C) groups is 1. The number of fused-ring (bicyclic) bond motifs is 5. The van der Waals surface area contributed by atoms with Crippen LogP contribution in [0.3, 0.4) is 0 Å². The molecule has 1 saturated carbocycles. The van der Waals surface area contributed by atoms with Gasteiger partial charge in [-0.05, 0) is 18.3 Å². The highest BCUT2D eigenvalue weighted by molar-refractivity contribution is 7.09. The maximum absolute atomic E-state index is 12.7. The van der Waals surface area contributed by atoms with E-state index in [0.717, 1.165) is 17.1 Å². The molecule has 0 aromatic carbocycles. The van der Waals surface area contributed by atoms with Crippen LogP contribution in [0.15, 0.2) is 22.5 Å². The Kier molecular flexibility index (Phi) is 5.23. The number of amides is 2. The fraction of sp³-hybridized carbons (Fsp3) is 0.619. The number of thiazole rings is 1. The molecule has 1 saturated heterocycles. The van der Waals surface area contributed by atoms with Gasteiger partial charge in [0.15, 0.2) is 5.96 Å². The first-order valence-corrected chi connectivity index (χ1v) is 11.1. The van der Waals surface area contributed by atoms with Crippen molar-refractivity contribution in [3.8, 4) is 0 Å². The molecule has 156 valence electrons. The fourth-order valence-corrected chi connectivity index (χ4v) is 5.55. The number of carbonyl (C=O) groups is 2. The second kappa shape index (κ2) is 7.55. The van der Waals surface area contributed by atoms with Crippen molar-refractivity contribution in [1.82, 2.24) is 20.5 Å². The van der Waals surface area contributed by atoms with E-state index in [1.54, 1.807) is 18.4 Å². The first-order chi connectivity index (χ1) is 13.8. The zero-order valence-electron chi connectivity index (χ0n) is 17.4. The van der Waals surface area contributed by atoms with Gasteiger partial charge in [0.25, 0.3) is 0 Å². The van der Waals surface area contributed by atoms with E-state index in [1.165, 1.54) is 4.90 Å². The van der Waals surface area contributed by atoms with Gasteiger partial charge in [0.2, 0.25) is 11.8 Å². The molecule has 2 fully saturated rings. The van der Waals surface area contributed by atoms with Gasteiger partial charge >= 0.3 is 0 Å². The molecular weight excluding hydrogens is 386 g/mol. The number of carbonyl (C=O) groups excluding carboxylic acids is 2. The zero-order valence-corrected chi connectivity index (χ0v) is 18.3. The molecule has 29 heavy (non-hydrogen) atoms. The van der Waals surface area contributed by atoms with E-state index < -0.39 is 0 Å². The Bertz CT molecular complexity index is 839. The quantitative estimate of drug-likeness (QED) is 0.332. The van der Waals surface area contributed by atoms with E-state index in [-0.39, 0.29) is 40.9 Å². The lowest BCUT2D eigenvalue weighted by Gasteiger charge is -2.18. The normalized spacial score (nSPS) is 28.4. The molecule has 4 rings (SSSR count). The Labute approximate surface area is 175 Å². The molecule has 4 atom stereocenters. The van der Waals surface area contributed by atoms with Crippen molar-refractivity contribution >= 4 is 29.1 Å². The monoisotopic (exact) mass is 415 g/mol. The molecule has 2 heterocycles. The summed E-state index contributed by atoms with van der Waals surface area (Å²) in [5.74, 6) is 0.890. The summed E-state index contributed by atoms with van der Waals surface area (Å²) in [5, 5.41) is 9.55. The smallest absolute Gasteiger partial charge is 0.233 e. The topological polar surface area (TPSA) is 86.7 Å². The third-order valence-electron chi connectivity index (χ3n) is 6.14. The minimum Gasteiger partial charge on any atom is -0.355 e. The van der Waals surface area contributed by atoms with Crippen LogP contribution in [0.5, 0.6) is 0 Å². The predicted molar refractivity (Wildman–Crippen MR) is 113 cm³/mol. The summed E-state index contributed by atoms with van der Waals surface area (Å²) < 4.78 is 0. The predicted octanol–water partition coefficient (Wildman–Crippen LogP) is 1.91. The highest BCUT2D eigenvalue weighted by Gasteiger charge is 2.58. The third-order valence-corrected chi connectivity index (χ3v) is 6.99. The maximum Gasteiger partial charge on any atom is 0.233 e. The van der Waals surface area contributed by atoms with Crippen molar-refractivity contribution in [3.05, 3.63) is 28.2 Å². The Hall–Kier alpha value is -2.22. The highest BCUT2D eigenvalue weighted by Crippen LogP contribution is 2.52. The van der Waals surface area contributed by atoms with E-state index in [2.05, 4.69) is 58.9 Å². The van der Waals surface area contributed by atoms with Gasteiger partial charge in [0.1, 0.15) is 5.01 Å². The van der Waals surface area contributed by atoms with Crippen LogP contribution in [0, 0.1) is 23.7 Å². The Morgan fingerprint density at radius 3 is 2.41 bits per heavy atom. The van der Waals surface area contributed by atoms with Gasteiger partial charge in [-0.3, -0.25) is 19.5 Å². The van der Waals surface area contributed by atoms with Crippen LogP contribution in [0.1, 0.15) is 37.9 Å². The number of aromatic nitrogens is 1. The second-order valence-corrected chi connectivity index (χ2v) is 10.00. The molecule has 7 nitrogen and oxygen atoms in total. The molecule has 4 unspecified atom stereocenters. The number of rotatable bonds is 5. The molecule has 2 amide bonds. The van der Waals surface area contributed by atoms with Crippen molar-refractivity contribution in [1.29, 1.82) is 0 Å². The summed E-state index contributed by atoms with van der Waals surface area (Å²) in [4.78, 5) is 35.8. The lowest BCUT2D eigenvalue weighted by Crippen LogP contribution is -2.43. The molecule has 1 aliphatic heterocycles. The van der Waals surface area contributed by atoms with Gasteiger partial charge in [0, 0.05) is 30.9 Å². The van der Waals surface area contributed by atoms with Gasteiger partial charge in [0.05, 0.1) is 24.1 Å². The number of likely N-dealkylation sites (tertiary alicyclic amines) is 1. The Balaban J connectivity index is 1.26. The van der Waals surface area contributed by atoms with Crippen molar-refractivity contribution in [2.45, 2.75) is 39.2 Å². The van der Waals surface area contributed by atoms with E-state index in [9.17, 15) is 9.59 Å². The number of nitrogens with zero attached hydrogens (tertiary/aromatic N) is 3. The molecule has 0 radical (unpaired) electrons. The number of hydrogen-bond donors (Lipinski definition) is 2.